The third kappa shape index (κ3) is 6.96. The minimum absolute atomic E-state index is 1.11. The predicted octanol–water partition coefficient (Wildman–Crippen LogP) is -0.925. The van der Waals surface area contributed by atoms with Gasteiger partial charge in [-0.05, 0) is 0 Å². The van der Waals surface area contributed by atoms with Gasteiger partial charge in [-0.1, -0.05) is 0 Å². The fourth-order valence-corrected chi connectivity index (χ4v) is 1.12. The van der Waals surface area contributed by atoms with Gasteiger partial charge in [0.1, 0.15) is 0 Å². The summed E-state index contributed by atoms with van der Waals surface area (Å²) in [6, 6.07) is 0. The lowest BCUT2D eigenvalue weighted by Crippen LogP contribution is -2.39. The zero-order valence-electron chi connectivity index (χ0n) is 5.58. The number of nitrogens with two attached hydrogens (primary N) is 1. The molecule has 0 aromatic heterocycles. The Kier molecular flexibility index (Phi) is 4.81. The van der Waals surface area contributed by atoms with Gasteiger partial charge in [0.05, 0.1) is 0 Å². The Morgan fingerprint density at radius 2 is 1.36 bits per heavy atom. The predicted molar refractivity (Wildman–Crippen MR) is 37.5 cm³/mol. The second-order valence-electron chi connectivity index (χ2n) is 1.70. The maximum atomic E-state index is 8.28. The molecule has 0 unspecified atom stereocenters. The topological polar surface area (TPSA) is 125 Å². The highest BCUT2D eigenvalue weighted by Crippen LogP contribution is 2.37. The SMILES string of the molecule is CC(N)(OP(O)O)OP(O)O. The molecule has 0 aliphatic rings. The van der Waals surface area contributed by atoms with Crippen molar-refractivity contribution < 1.29 is 28.6 Å². The fourth-order valence-electron chi connectivity index (χ4n) is 0.341. The summed E-state index contributed by atoms with van der Waals surface area (Å²) in [4.78, 5) is 33.1. The van der Waals surface area contributed by atoms with E-state index in [0.717, 1.165) is 6.92 Å². The van der Waals surface area contributed by atoms with E-state index in [9.17, 15) is 0 Å². The van der Waals surface area contributed by atoms with Gasteiger partial charge < -0.3 is 19.6 Å². The van der Waals surface area contributed by atoms with Crippen LogP contribution in [0.2, 0.25) is 0 Å². The van der Waals surface area contributed by atoms with Crippen LogP contribution in [0.25, 0.3) is 0 Å². The average molecular weight is 205 g/mol. The van der Waals surface area contributed by atoms with Crippen LogP contribution in [0.4, 0.5) is 0 Å². The molecule has 7 nitrogen and oxygen atoms in total. The van der Waals surface area contributed by atoms with Crippen LogP contribution >= 0.6 is 17.2 Å². The molecule has 11 heavy (non-hydrogen) atoms. The van der Waals surface area contributed by atoms with Crippen molar-refractivity contribution in [3.8, 4) is 0 Å². The summed E-state index contributed by atoms with van der Waals surface area (Å²) in [5.41, 5.74) is 5.07. The van der Waals surface area contributed by atoms with E-state index in [1.807, 2.05) is 0 Å². The molecule has 0 rings (SSSR count). The molecule has 68 valence electrons. The maximum absolute atomic E-state index is 8.28. The molecule has 0 fully saturated rings. The maximum Gasteiger partial charge on any atom is 0.330 e. The molecule has 0 amide bonds. The zero-order valence-corrected chi connectivity index (χ0v) is 7.37. The van der Waals surface area contributed by atoms with Crippen molar-refractivity contribution in [2.75, 3.05) is 0 Å². The third-order valence-electron chi connectivity index (χ3n) is 0.526. The number of hydrogen-bond donors (Lipinski definition) is 5. The van der Waals surface area contributed by atoms with Gasteiger partial charge in [-0.3, -0.25) is 14.8 Å². The number of hydrogen-bond acceptors (Lipinski definition) is 7. The molecule has 0 bridgehead atoms. The first-order valence-electron chi connectivity index (χ1n) is 2.36. The highest BCUT2D eigenvalue weighted by atomic mass is 31.2. The van der Waals surface area contributed by atoms with Gasteiger partial charge in [-0.15, -0.1) is 0 Å². The van der Waals surface area contributed by atoms with E-state index in [4.69, 9.17) is 25.3 Å². The Morgan fingerprint density at radius 3 is 1.55 bits per heavy atom. The van der Waals surface area contributed by atoms with E-state index >= 15 is 0 Å². The van der Waals surface area contributed by atoms with Crippen molar-refractivity contribution in [2.24, 2.45) is 5.73 Å². The highest BCUT2D eigenvalue weighted by molar-refractivity contribution is 7.40. The van der Waals surface area contributed by atoms with Crippen LogP contribution in [0.15, 0.2) is 0 Å². The zero-order chi connectivity index (χ0) is 9.07. The van der Waals surface area contributed by atoms with E-state index in [0.29, 0.717) is 0 Å². The van der Waals surface area contributed by atoms with E-state index in [-0.39, 0.29) is 0 Å². The summed E-state index contributed by atoms with van der Waals surface area (Å²) in [6.45, 7) is 1.11. The van der Waals surface area contributed by atoms with Crippen molar-refractivity contribution in [3.63, 3.8) is 0 Å². The van der Waals surface area contributed by atoms with Gasteiger partial charge in [0.2, 0.25) is 5.91 Å². The van der Waals surface area contributed by atoms with Crippen molar-refractivity contribution in [3.05, 3.63) is 0 Å². The molecule has 9 heteroatoms. The third-order valence-corrected chi connectivity index (χ3v) is 1.58. The van der Waals surface area contributed by atoms with E-state index in [2.05, 4.69) is 9.05 Å². The Balaban J connectivity index is 3.79. The molecule has 0 heterocycles. The van der Waals surface area contributed by atoms with Gasteiger partial charge in [-0.2, -0.15) is 0 Å². The van der Waals surface area contributed by atoms with Crippen LogP contribution in [0.3, 0.4) is 0 Å². The molecule has 0 aromatic rings. The molecule has 0 saturated carbocycles. The van der Waals surface area contributed by atoms with Crippen LogP contribution in [0.1, 0.15) is 6.92 Å². The molecule has 6 N–H and O–H groups in total. The second kappa shape index (κ2) is 4.57. The number of rotatable bonds is 4. The quantitative estimate of drug-likeness (QED) is 0.296. The minimum atomic E-state index is -2.68. The minimum Gasteiger partial charge on any atom is -0.328 e. The van der Waals surface area contributed by atoms with Crippen molar-refractivity contribution in [1.29, 1.82) is 0 Å². The van der Waals surface area contributed by atoms with Crippen molar-refractivity contribution >= 4 is 17.2 Å². The van der Waals surface area contributed by atoms with Crippen LogP contribution in [-0.4, -0.2) is 25.5 Å². The molecule has 0 aromatic carbocycles. The van der Waals surface area contributed by atoms with Gasteiger partial charge in [0, 0.05) is 6.92 Å². The first-order chi connectivity index (χ1) is 4.83. The lowest BCUT2D eigenvalue weighted by Gasteiger charge is -2.24. The Labute approximate surface area is 65.4 Å². The summed E-state index contributed by atoms with van der Waals surface area (Å²) in [5.74, 6) is -1.90. The molecule has 0 aliphatic heterocycles. The summed E-state index contributed by atoms with van der Waals surface area (Å²) in [5, 5.41) is 0. The van der Waals surface area contributed by atoms with Gasteiger partial charge in [0.25, 0.3) is 0 Å². The smallest absolute Gasteiger partial charge is 0.328 e. The largest absolute Gasteiger partial charge is 0.330 e. The molecular formula is C2H9NO6P2. The second-order valence-corrected chi connectivity index (χ2v) is 3.08. The van der Waals surface area contributed by atoms with E-state index in [1.165, 1.54) is 0 Å². The van der Waals surface area contributed by atoms with Gasteiger partial charge >= 0.3 is 17.2 Å². The lowest BCUT2D eigenvalue weighted by atomic mass is 10.6. The molecule has 0 aliphatic carbocycles. The van der Waals surface area contributed by atoms with Crippen LogP contribution < -0.4 is 5.73 Å². The Morgan fingerprint density at radius 1 is 1.09 bits per heavy atom. The average Bonchev–Trinajstić information content (AvgIpc) is 1.53. The van der Waals surface area contributed by atoms with Crippen LogP contribution in [0.5, 0.6) is 0 Å². The summed E-state index contributed by atoms with van der Waals surface area (Å²) in [6.07, 6.45) is 0. The van der Waals surface area contributed by atoms with Gasteiger partial charge in [0.15, 0.2) is 0 Å². The van der Waals surface area contributed by atoms with Crippen molar-refractivity contribution in [2.45, 2.75) is 12.8 Å². The first-order valence-corrected chi connectivity index (χ1v) is 4.69. The summed E-state index contributed by atoms with van der Waals surface area (Å²) >= 11 is 0. The van der Waals surface area contributed by atoms with E-state index < -0.39 is 23.1 Å². The van der Waals surface area contributed by atoms with E-state index in [1.54, 1.807) is 0 Å². The Bertz CT molecular complexity index is 105. The molecule has 0 spiro atoms. The van der Waals surface area contributed by atoms with Crippen molar-refractivity contribution in [1.82, 2.24) is 0 Å². The fraction of sp³-hybridized carbons (Fsp3) is 1.00. The Hall–Kier alpha value is 0.580. The van der Waals surface area contributed by atoms with Crippen LogP contribution in [0, 0.1) is 0 Å². The molecule has 0 atom stereocenters. The standard InChI is InChI=1S/C2H9NO6P2/c1-2(3,8-10(4)5)9-11(6)7/h4-7H,3H2,1H3. The lowest BCUT2D eigenvalue weighted by molar-refractivity contribution is -0.103. The normalized spacial score (nSPS) is 13.1. The molecular weight excluding hydrogens is 196 g/mol. The summed E-state index contributed by atoms with van der Waals surface area (Å²) in [7, 11) is -5.36. The highest BCUT2D eigenvalue weighted by Gasteiger charge is 2.27. The monoisotopic (exact) mass is 205 g/mol. The summed E-state index contributed by atoms with van der Waals surface area (Å²) < 4.78 is 8.35. The first kappa shape index (κ1) is 11.6. The molecule has 0 saturated heterocycles. The van der Waals surface area contributed by atoms with Gasteiger partial charge in [-0.25, -0.2) is 0 Å². The van der Waals surface area contributed by atoms with Crippen LogP contribution in [-0.2, 0) is 9.05 Å². The molecule has 0 radical (unpaired) electrons.